The van der Waals surface area contributed by atoms with Gasteiger partial charge in [-0.2, -0.15) is 0 Å². The standard InChI is InChI=1S/C29H36N4O5/c1-37-13-5-12-32-25-15-24(10-11-26(25)38-19-27(32)34)33(23-8-9-23)29(36)22-14-21(17-30-18-22)28(35)31-16-20-6-3-2-4-7-20/h2-4,6-7,10-11,15,21-23,30H,5,8-9,12-14,16-19H2,1H3,(H,31,35)/t21?,22-/m1/s1. The van der Waals surface area contributed by atoms with Crippen LogP contribution in [0.5, 0.6) is 5.75 Å². The first-order chi connectivity index (χ1) is 18.5. The molecule has 9 heteroatoms. The lowest BCUT2D eigenvalue weighted by Crippen LogP contribution is -2.50. The van der Waals surface area contributed by atoms with Gasteiger partial charge in [0, 0.05) is 51.6 Å². The van der Waals surface area contributed by atoms with Gasteiger partial charge in [0.05, 0.1) is 17.5 Å². The number of ether oxygens (including phenoxy) is 2. The van der Waals surface area contributed by atoms with Gasteiger partial charge >= 0.3 is 0 Å². The molecule has 1 unspecified atom stereocenters. The summed E-state index contributed by atoms with van der Waals surface area (Å²) in [5.74, 6) is -0.0429. The van der Waals surface area contributed by atoms with E-state index in [4.69, 9.17) is 9.47 Å². The minimum atomic E-state index is -0.302. The summed E-state index contributed by atoms with van der Waals surface area (Å²) in [4.78, 5) is 43.0. The van der Waals surface area contributed by atoms with E-state index in [1.165, 1.54) is 0 Å². The maximum atomic E-state index is 13.9. The van der Waals surface area contributed by atoms with Crippen LogP contribution in [0.4, 0.5) is 11.4 Å². The number of amides is 3. The molecule has 3 amide bonds. The average molecular weight is 521 g/mol. The molecule has 2 aromatic carbocycles. The zero-order valence-electron chi connectivity index (χ0n) is 21.9. The largest absolute Gasteiger partial charge is 0.482 e. The van der Waals surface area contributed by atoms with Crippen LogP contribution in [0.3, 0.4) is 0 Å². The Bertz CT molecular complexity index is 1150. The Morgan fingerprint density at radius 3 is 2.68 bits per heavy atom. The number of nitrogens with one attached hydrogen (secondary N) is 2. The molecule has 9 nitrogen and oxygen atoms in total. The first-order valence-corrected chi connectivity index (χ1v) is 13.5. The second kappa shape index (κ2) is 12.0. The van der Waals surface area contributed by atoms with Crippen LogP contribution in [-0.4, -0.2) is 63.7 Å². The van der Waals surface area contributed by atoms with Gasteiger partial charge in [0.15, 0.2) is 6.61 Å². The molecule has 2 aliphatic heterocycles. The molecule has 0 radical (unpaired) electrons. The summed E-state index contributed by atoms with van der Waals surface area (Å²) < 4.78 is 10.8. The van der Waals surface area contributed by atoms with Crippen LogP contribution in [0, 0.1) is 11.8 Å². The topological polar surface area (TPSA) is 100 Å². The Morgan fingerprint density at radius 2 is 1.92 bits per heavy atom. The number of hydrogen-bond donors (Lipinski definition) is 2. The van der Waals surface area contributed by atoms with Gasteiger partial charge in [0.2, 0.25) is 11.8 Å². The molecule has 202 valence electrons. The summed E-state index contributed by atoms with van der Waals surface area (Å²) >= 11 is 0. The van der Waals surface area contributed by atoms with Gasteiger partial charge in [-0.25, -0.2) is 0 Å². The lowest BCUT2D eigenvalue weighted by Gasteiger charge is -2.34. The lowest BCUT2D eigenvalue weighted by molar-refractivity contribution is -0.128. The number of nitrogens with zero attached hydrogens (tertiary/aromatic N) is 2. The quantitative estimate of drug-likeness (QED) is 0.467. The molecule has 2 atom stereocenters. The first kappa shape index (κ1) is 26.2. The Hall–Kier alpha value is -3.43. The maximum absolute atomic E-state index is 13.9. The van der Waals surface area contributed by atoms with Crippen molar-refractivity contribution in [1.29, 1.82) is 0 Å². The van der Waals surface area contributed by atoms with Crippen molar-refractivity contribution in [2.45, 2.75) is 38.3 Å². The molecule has 1 saturated carbocycles. The summed E-state index contributed by atoms with van der Waals surface area (Å²) in [6, 6.07) is 15.6. The highest BCUT2D eigenvalue weighted by Crippen LogP contribution is 2.40. The minimum absolute atomic E-state index is 0.00602. The minimum Gasteiger partial charge on any atom is -0.482 e. The number of carbonyl (C=O) groups is 3. The third kappa shape index (κ3) is 6.00. The zero-order valence-corrected chi connectivity index (χ0v) is 21.9. The van der Waals surface area contributed by atoms with Gasteiger partial charge in [-0.05, 0) is 49.4 Å². The molecule has 0 spiro atoms. The number of benzene rings is 2. The van der Waals surface area contributed by atoms with Gasteiger partial charge in [-0.1, -0.05) is 30.3 Å². The second-order valence-corrected chi connectivity index (χ2v) is 10.3. The molecule has 0 bridgehead atoms. The highest BCUT2D eigenvalue weighted by molar-refractivity contribution is 6.01. The number of fused-ring (bicyclic) bond motifs is 1. The van der Waals surface area contributed by atoms with Crippen molar-refractivity contribution in [1.82, 2.24) is 10.6 Å². The molecular formula is C29H36N4O5. The van der Waals surface area contributed by atoms with Crippen LogP contribution in [0.2, 0.25) is 0 Å². The van der Waals surface area contributed by atoms with Gasteiger partial charge in [0.1, 0.15) is 5.75 Å². The van der Waals surface area contributed by atoms with Crippen molar-refractivity contribution < 1.29 is 23.9 Å². The number of methoxy groups -OCH3 is 1. The van der Waals surface area contributed by atoms with E-state index in [-0.39, 0.29) is 42.2 Å². The Kier molecular flexibility index (Phi) is 8.24. The van der Waals surface area contributed by atoms with Crippen molar-refractivity contribution in [2.24, 2.45) is 11.8 Å². The molecular weight excluding hydrogens is 484 g/mol. The van der Waals surface area contributed by atoms with Crippen LogP contribution in [0.25, 0.3) is 0 Å². The first-order valence-electron chi connectivity index (χ1n) is 13.5. The van der Waals surface area contributed by atoms with Crippen LogP contribution in [0.15, 0.2) is 48.5 Å². The van der Waals surface area contributed by atoms with E-state index in [1.807, 2.05) is 53.4 Å². The third-order valence-corrected chi connectivity index (χ3v) is 7.42. The fraction of sp³-hybridized carbons (Fsp3) is 0.483. The number of hydrogen-bond acceptors (Lipinski definition) is 6. The molecule has 3 aliphatic rings. The Labute approximate surface area is 223 Å². The smallest absolute Gasteiger partial charge is 0.265 e. The summed E-state index contributed by atoms with van der Waals surface area (Å²) in [6.07, 6.45) is 3.10. The van der Waals surface area contributed by atoms with Crippen LogP contribution in [-0.2, 0) is 25.7 Å². The van der Waals surface area contributed by atoms with Crippen molar-refractivity contribution >= 4 is 29.1 Å². The zero-order chi connectivity index (χ0) is 26.5. The normalized spacial score (nSPS) is 20.9. The summed E-state index contributed by atoms with van der Waals surface area (Å²) in [6.45, 7) is 2.66. The average Bonchev–Trinajstić information content (AvgIpc) is 3.79. The molecule has 2 aromatic rings. The SMILES string of the molecule is COCCCN1C(=O)COc2ccc(N(C(=O)[C@H]3CNCC(C(=O)NCc4ccccc4)C3)C3CC3)cc21. The number of anilines is 2. The summed E-state index contributed by atoms with van der Waals surface area (Å²) in [5.41, 5.74) is 2.50. The predicted octanol–water partition coefficient (Wildman–Crippen LogP) is 2.49. The van der Waals surface area contributed by atoms with Crippen molar-refractivity contribution in [3.05, 3.63) is 54.1 Å². The van der Waals surface area contributed by atoms with E-state index >= 15 is 0 Å². The maximum Gasteiger partial charge on any atom is 0.265 e. The molecule has 2 heterocycles. The summed E-state index contributed by atoms with van der Waals surface area (Å²) in [7, 11) is 1.64. The van der Waals surface area contributed by atoms with Crippen LogP contribution < -0.4 is 25.2 Å². The van der Waals surface area contributed by atoms with E-state index in [0.717, 1.165) is 24.1 Å². The van der Waals surface area contributed by atoms with Crippen molar-refractivity contribution in [2.75, 3.05) is 49.8 Å². The van der Waals surface area contributed by atoms with E-state index in [9.17, 15) is 14.4 Å². The second-order valence-electron chi connectivity index (χ2n) is 10.3. The van der Waals surface area contributed by atoms with Gasteiger partial charge < -0.3 is 29.9 Å². The number of rotatable bonds is 10. The van der Waals surface area contributed by atoms with Crippen molar-refractivity contribution in [3.8, 4) is 5.75 Å². The molecule has 2 N–H and O–H groups in total. The Morgan fingerprint density at radius 1 is 1.13 bits per heavy atom. The monoisotopic (exact) mass is 520 g/mol. The van der Waals surface area contributed by atoms with E-state index in [2.05, 4.69) is 10.6 Å². The van der Waals surface area contributed by atoms with E-state index < -0.39 is 0 Å². The van der Waals surface area contributed by atoms with Crippen LogP contribution >= 0.6 is 0 Å². The van der Waals surface area contributed by atoms with Crippen molar-refractivity contribution in [3.63, 3.8) is 0 Å². The predicted molar refractivity (Wildman–Crippen MR) is 144 cm³/mol. The van der Waals surface area contributed by atoms with Crippen LogP contribution in [0.1, 0.15) is 31.2 Å². The fourth-order valence-electron chi connectivity index (χ4n) is 5.26. The molecule has 2 fully saturated rings. The third-order valence-electron chi connectivity index (χ3n) is 7.42. The fourth-order valence-corrected chi connectivity index (χ4v) is 5.26. The van der Waals surface area contributed by atoms with Gasteiger partial charge in [-0.3, -0.25) is 14.4 Å². The van der Waals surface area contributed by atoms with Gasteiger partial charge in [0.25, 0.3) is 5.91 Å². The summed E-state index contributed by atoms with van der Waals surface area (Å²) in [5, 5.41) is 6.33. The van der Waals surface area contributed by atoms with E-state index in [1.54, 1.807) is 12.0 Å². The lowest BCUT2D eigenvalue weighted by atomic mass is 9.88. The number of piperidine rings is 1. The highest BCUT2D eigenvalue weighted by atomic mass is 16.5. The van der Waals surface area contributed by atoms with Gasteiger partial charge in [-0.15, -0.1) is 0 Å². The molecule has 0 aromatic heterocycles. The Balaban J connectivity index is 1.29. The van der Waals surface area contributed by atoms with E-state index in [0.29, 0.717) is 57.1 Å². The molecule has 1 saturated heterocycles. The molecule has 1 aliphatic carbocycles. The molecule has 38 heavy (non-hydrogen) atoms. The molecule has 5 rings (SSSR count). The number of carbonyl (C=O) groups excluding carboxylic acids is 3. The highest BCUT2D eigenvalue weighted by Gasteiger charge is 2.40.